The number of hydrogen-bond acceptors (Lipinski definition) is 3. The van der Waals surface area contributed by atoms with Gasteiger partial charge in [0.25, 0.3) is 0 Å². The van der Waals surface area contributed by atoms with Gasteiger partial charge in [0.05, 0.1) is 17.3 Å². The Morgan fingerprint density at radius 1 is 1.12 bits per heavy atom. The van der Waals surface area contributed by atoms with Crippen molar-refractivity contribution < 1.29 is 0 Å². The van der Waals surface area contributed by atoms with Crippen LogP contribution < -0.4 is 0 Å². The third-order valence-corrected chi connectivity index (χ3v) is 5.23. The van der Waals surface area contributed by atoms with Gasteiger partial charge in [-0.15, -0.1) is 0 Å². The van der Waals surface area contributed by atoms with Crippen molar-refractivity contribution in [3.8, 4) is 0 Å². The number of likely N-dealkylation sites (tertiary alicyclic amines) is 1. The van der Waals surface area contributed by atoms with Crippen molar-refractivity contribution >= 4 is 10.9 Å². The number of aromatic nitrogens is 2. The lowest BCUT2D eigenvalue weighted by molar-refractivity contribution is 0.245. The molecule has 1 aromatic carbocycles. The van der Waals surface area contributed by atoms with Crippen LogP contribution in [-0.4, -0.2) is 21.4 Å². The normalized spacial score (nSPS) is 18.1. The van der Waals surface area contributed by atoms with Crippen LogP contribution in [0.1, 0.15) is 47.0 Å². The summed E-state index contributed by atoms with van der Waals surface area (Å²) in [5.41, 5.74) is 7.40. The molecular weight excluding hydrogens is 306 g/mol. The molecule has 2 aromatic heterocycles. The van der Waals surface area contributed by atoms with Gasteiger partial charge in [-0.2, -0.15) is 0 Å². The summed E-state index contributed by atoms with van der Waals surface area (Å²) in [6, 6.07) is 13.4. The highest BCUT2D eigenvalue weighted by molar-refractivity contribution is 5.86. The summed E-state index contributed by atoms with van der Waals surface area (Å²) in [5, 5.41) is 1.30. The Morgan fingerprint density at radius 3 is 2.80 bits per heavy atom. The summed E-state index contributed by atoms with van der Waals surface area (Å²) in [6.45, 7) is 8.53. The van der Waals surface area contributed by atoms with Crippen molar-refractivity contribution in [2.75, 3.05) is 6.54 Å². The average molecular weight is 331 g/mol. The van der Waals surface area contributed by atoms with E-state index < -0.39 is 0 Å². The number of pyridine rings is 2. The molecule has 3 heterocycles. The van der Waals surface area contributed by atoms with E-state index in [4.69, 9.17) is 4.98 Å². The molecule has 128 valence electrons. The number of rotatable bonds is 3. The van der Waals surface area contributed by atoms with Crippen molar-refractivity contribution in [2.24, 2.45) is 0 Å². The molecule has 0 spiro atoms. The molecule has 0 bridgehead atoms. The molecule has 3 nitrogen and oxygen atoms in total. The largest absolute Gasteiger partial charge is 0.290 e. The second-order valence-electron chi connectivity index (χ2n) is 7.28. The minimum absolute atomic E-state index is 0.427. The van der Waals surface area contributed by atoms with Crippen LogP contribution in [0.2, 0.25) is 0 Å². The first-order valence-electron chi connectivity index (χ1n) is 9.14. The molecule has 0 saturated carbocycles. The topological polar surface area (TPSA) is 29.0 Å². The highest BCUT2D eigenvalue weighted by Crippen LogP contribution is 2.33. The zero-order valence-corrected chi connectivity index (χ0v) is 15.3. The Kier molecular flexibility index (Phi) is 4.26. The van der Waals surface area contributed by atoms with Gasteiger partial charge in [-0.1, -0.05) is 17.7 Å². The van der Waals surface area contributed by atoms with Crippen molar-refractivity contribution in [3.05, 3.63) is 70.7 Å². The van der Waals surface area contributed by atoms with Crippen LogP contribution in [0.15, 0.2) is 42.6 Å². The van der Waals surface area contributed by atoms with E-state index in [1.54, 1.807) is 0 Å². The van der Waals surface area contributed by atoms with E-state index in [9.17, 15) is 0 Å². The molecular formula is C22H25N3. The molecule has 1 aliphatic heterocycles. The number of fused-ring (bicyclic) bond motifs is 1. The summed E-state index contributed by atoms with van der Waals surface area (Å²) in [4.78, 5) is 12.0. The van der Waals surface area contributed by atoms with Crippen LogP contribution in [0.25, 0.3) is 10.9 Å². The minimum Gasteiger partial charge on any atom is -0.290 e. The summed E-state index contributed by atoms with van der Waals surface area (Å²) < 4.78 is 0. The standard InChI is InChI=1S/C22H25N3/c1-15-11-16(2)22-19(12-15)18(13-17(3)24-22)14-25-10-6-8-21(25)20-7-4-5-9-23-20/h4-5,7,9,11-13,21H,6,8,10,14H2,1-3H3. The predicted octanol–water partition coefficient (Wildman–Crippen LogP) is 4.89. The first-order chi connectivity index (χ1) is 12.1. The van der Waals surface area contributed by atoms with E-state index in [1.807, 2.05) is 12.3 Å². The number of benzene rings is 1. The van der Waals surface area contributed by atoms with Gasteiger partial charge in [-0.05, 0) is 75.5 Å². The fraction of sp³-hybridized carbons (Fsp3) is 0.364. The van der Waals surface area contributed by atoms with Gasteiger partial charge in [-0.25, -0.2) is 0 Å². The number of aryl methyl sites for hydroxylation is 3. The monoisotopic (exact) mass is 331 g/mol. The van der Waals surface area contributed by atoms with Gasteiger partial charge in [-0.3, -0.25) is 14.9 Å². The molecule has 0 amide bonds. The summed E-state index contributed by atoms with van der Waals surface area (Å²) in [5.74, 6) is 0. The van der Waals surface area contributed by atoms with Gasteiger partial charge in [0.15, 0.2) is 0 Å². The van der Waals surface area contributed by atoms with E-state index in [0.29, 0.717) is 6.04 Å². The maximum absolute atomic E-state index is 4.80. The second-order valence-corrected chi connectivity index (χ2v) is 7.28. The van der Waals surface area contributed by atoms with E-state index in [0.717, 1.165) is 24.3 Å². The van der Waals surface area contributed by atoms with Crippen LogP contribution in [0.5, 0.6) is 0 Å². The van der Waals surface area contributed by atoms with E-state index >= 15 is 0 Å². The second kappa shape index (κ2) is 6.57. The van der Waals surface area contributed by atoms with Crippen molar-refractivity contribution in [1.82, 2.24) is 14.9 Å². The zero-order valence-electron chi connectivity index (χ0n) is 15.3. The van der Waals surface area contributed by atoms with E-state index in [-0.39, 0.29) is 0 Å². The quantitative estimate of drug-likeness (QED) is 0.684. The first-order valence-corrected chi connectivity index (χ1v) is 9.14. The molecule has 4 rings (SSSR count). The van der Waals surface area contributed by atoms with Gasteiger partial charge in [0, 0.05) is 23.8 Å². The molecule has 0 N–H and O–H groups in total. The highest BCUT2D eigenvalue weighted by Gasteiger charge is 2.27. The Morgan fingerprint density at radius 2 is 2.00 bits per heavy atom. The number of nitrogens with zero attached hydrogens (tertiary/aromatic N) is 3. The highest BCUT2D eigenvalue weighted by atomic mass is 15.2. The third-order valence-electron chi connectivity index (χ3n) is 5.23. The molecule has 0 radical (unpaired) electrons. The number of hydrogen-bond donors (Lipinski definition) is 0. The maximum atomic E-state index is 4.80. The third kappa shape index (κ3) is 3.16. The minimum atomic E-state index is 0.427. The van der Waals surface area contributed by atoms with Crippen LogP contribution in [0.3, 0.4) is 0 Å². The summed E-state index contributed by atoms with van der Waals surface area (Å²) in [7, 11) is 0. The van der Waals surface area contributed by atoms with Crippen LogP contribution in [-0.2, 0) is 6.54 Å². The maximum Gasteiger partial charge on any atom is 0.0737 e. The fourth-order valence-corrected chi connectivity index (χ4v) is 4.16. The van der Waals surface area contributed by atoms with Crippen LogP contribution >= 0.6 is 0 Å². The predicted molar refractivity (Wildman–Crippen MR) is 103 cm³/mol. The lowest BCUT2D eigenvalue weighted by Gasteiger charge is -2.25. The Labute approximate surface area is 149 Å². The van der Waals surface area contributed by atoms with Gasteiger partial charge >= 0.3 is 0 Å². The lowest BCUT2D eigenvalue weighted by Crippen LogP contribution is -2.23. The Balaban J connectivity index is 1.73. The van der Waals surface area contributed by atoms with E-state index in [2.05, 4.69) is 61.0 Å². The molecule has 1 aliphatic rings. The Bertz CT molecular complexity index is 902. The fourth-order valence-electron chi connectivity index (χ4n) is 4.16. The lowest BCUT2D eigenvalue weighted by atomic mass is 10.0. The molecule has 1 fully saturated rings. The summed E-state index contributed by atoms with van der Waals surface area (Å²) in [6.07, 6.45) is 4.34. The average Bonchev–Trinajstić information content (AvgIpc) is 3.05. The molecule has 3 aromatic rings. The molecule has 3 heteroatoms. The van der Waals surface area contributed by atoms with Crippen molar-refractivity contribution in [1.29, 1.82) is 0 Å². The molecule has 1 atom stereocenters. The van der Waals surface area contributed by atoms with Crippen LogP contribution in [0, 0.1) is 20.8 Å². The van der Waals surface area contributed by atoms with Crippen molar-refractivity contribution in [2.45, 2.75) is 46.2 Å². The SMILES string of the molecule is Cc1cc(C)c2nc(C)cc(CN3CCCC3c3ccccn3)c2c1. The summed E-state index contributed by atoms with van der Waals surface area (Å²) >= 11 is 0. The van der Waals surface area contributed by atoms with E-state index in [1.165, 1.54) is 40.6 Å². The van der Waals surface area contributed by atoms with Gasteiger partial charge in [0.2, 0.25) is 0 Å². The smallest absolute Gasteiger partial charge is 0.0737 e. The van der Waals surface area contributed by atoms with Crippen molar-refractivity contribution in [3.63, 3.8) is 0 Å². The molecule has 1 unspecified atom stereocenters. The van der Waals surface area contributed by atoms with Gasteiger partial charge < -0.3 is 0 Å². The van der Waals surface area contributed by atoms with Gasteiger partial charge in [0.1, 0.15) is 0 Å². The molecule has 0 aliphatic carbocycles. The molecule has 25 heavy (non-hydrogen) atoms. The zero-order chi connectivity index (χ0) is 17.4. The Hall–Kier alpha value is -2.26. The molecule has 1 saturated heterocycles. The first kappa shape index (κ1) is 16.2. The van der Waals surface area contributed by atoms with Crippen LogP contribution in [0.4, 0.5) is 0 Å².